The highest BCUT2D eigenvalue weighted by Gasteiger charge is 1.99. The molecule has 1 heterocycles. The normalized spacial score (nSPS) is 11.4. The number of anilines is 1. The lowest BCUT2D eigenvalue weighted by molar-refractivity contribution is 1.35. The molecule has 0 atom stereocenters. The predicted octanol–water partition coefficient (Wildman–Crippen LogP) is 3.76. The Hall–Kier alpha value is -1.32. The third kappa shape index (κ3) is 2.81. The number of benzene rings is 1. The molecule has 0 saturated carbocycles. The highest BCUT2D eigenvalue weighted by atomic mass is 35.5. The third-order valence-corrected chi connectivity index (χ3v) is 3.06. The zero-order valence-corrected chi connectivity index (χ0v) is 9.42. The molecular weight excluding hydrogens is 228 g/mol. The van der Waals surface area contributed by atoms with Gasteiger partial charge in [0, 0.05) is 0 Å². The van der Waals surface area contributed by atoms with Crippen LogP contribution in [-0.4, -0.2) is 5.17 Å². The highest BCUT2D eigenvalue weighted by molar-refractivity contribution is 7.14. The molecule has 1 N–H and O–H groups in total. The van der Waals surface area contributed by atoms with E-state index in [-0.39, 0.29) is 0 Å². The maximum atomic E-state index is 6.00. The van der Waals surface area contributed by atoms with Crippen LogP contribution in [-0.2, 0) is 0 Å². The average Bonchev–Trinajstić information content (AvgIpc) is 2.81. The second-order valence-electron chi connectivity index (χ2n) is 2.86. The predicted molar refractivity (Wildman–Crippen MR) is 66.8 cm³/mol. The molecule has 0 radical (unpaired) electrons. The van der Waals surface area contributed by atoms with Crippen molar-refractivity contribution < 1.29 is 0 Å². The van der Waals surface area contributed by atoms with Gasteiger partial charge in [0.2, 0.25) is 0 Å². The van der Waals surface area contributed by atoms with Crippen molar-refractivity contribution in [1.29, 1.82) is 0 Å². The van der Waals surface area contributed by atoms with Gasteiger partial charge in [-0.1, -0.05) is 35.9 Å². The Kier molecular flexibility index (Phi) is 3.37. The smallest absolute Gasteiger partial charge is 0.166 e. The quantitative estimate of drug-likeness (QED) is 0.637. The molecule has 0 aliphatic heterocycles. The van der Waals surface area contributed by atoms with E-state index in [1.807, 2.05) is 47.8 Å². The van der Waals surface area contributed by atoms with Gasteiger partial charge in [0.15, 0.2) is 5.17 Å². The number of hydrazone groups is 1. The summed E-state index contributed by atoms with van der Waals surface area (Å²) < 4.78 is 0. The van der Waals surface area contributed by atoms with E-state index >= 15 is 0 Å². The van der Waals surface area contributed by atoms with Gasteiger partial charge >= 0.3 is 0 Å². The molecule has 2 nitrogen and oxygen atoms in total. The van der Waals surface area contributed by atoms with Gasteiger partial charge < -0.3 is 0 Å². The number of halogens is 1. The zero-order valence-electron chi connectivity index (χ0n) is 7.85. The van der Waals surface area contributed by atoms with Crippen molar-refractivity contribution in [1.82, 2.24) is 0 Å². The first-order valence-corrected chi connectivity index (χ1v) is 5.70. The maximum Gasteiger partial charge on any atom is 0.166 e. The van der Waals surface area contributed by atoms with Gasteiger partial charge in [0.1, 0.15) is 0 Å². The maximum absolute atomic E-state index is 6.00. The molecule has 0 amide bonds. The Bertz CT molecular complexity index is 437. The van der Waals surface area contributed by atoms with Gasteiger partial charge in [-0.2, -0.15) is 5.10 Å². The molecule has 15 heavy (non-hydrogen) atoms. The first kappa shape index (κ1) is 10.2. The van der Waals surface area contributed by atoms with Gasteiger partial charge in [0.05, 0.1) is 10.6 Å². The average molecular weight is 237 g/mol. The van der Waals surface area contributed by atoms with Crippen LogP contribution in [0.1, 0.15) is 4.88 Å². The van der Waals surface area contributed by atoms with Crippen LogP contribution in [0.2, 0.25) is 0 Å². The third-order valence-electron chi connectivity index (χ3n) is 1.78. The van der Waals surface area contributed by atoms with Crippen molar-refractivity contribution in [3.63, 3.8) is 0 Å². The SMILES string of the molecule is ClC(=NNc1ccccc1)c1cccs1. The lowest BCUT2D eigenvalue weighted by Crippen LogP contribution is -1.94. The summed E-state index contributed by atoms with van der Waals surface area (Å²) >= 11 is 7.56. The molecule has 0 bridgehead atoms. The van der Waals surface area contributed by atoms with Crippen LogP contribution >= 0.6 is 22.9 Å². The molecule has 4 heteroatoms. The summed E-state index contributed by atoms with van der Waals surface area (Å²) in [5, 5.41) is 6.53. The monoisotopic (exact) mass is 236 g/mol. The minimum Gasteiger partial charge on any atom is -0.277 e. The molecule has 0 aliphatic carbocycles. The molecule has 2 rings (SSSR count). The van der Waals surface area contributed by atoms with Crippen LogP contribution in [0.3, 0.4) is 0 Å². The Morgan fingerprint density at radius 3 is 2.60 bits per heavy atom. The van der Waals surface area contributed by atoms with Gasteiger partial charge in [-0.25, -0.2) is 0 Å². The van der Waals surface area contributed by atoms with E-state index in [0.29, 0.717) is 5.17 Å². The van der Waals surface area contributed by atoms with Crippen LogP contribution in [0.25, 0.3) is 0 Å². The second kappa shape index (κ2) is 4.96. The van der Waals surface area contributed by atoms with Crippen LogP contribution in [0.5, 0.6) is 0 Å². The molecule has 0 saturated heterocycles. The van der Waals surface area contributed by atoms with Crippen LogP contribution in [0, 0.1) is 0 Å². The van der Waals surface area contributed by atoms with Crippen LogP contribution in [0.4, 0.5) is 5.69 Å². The van der Waals surface area contributed by atoms with E-state index in [2.05, 4.69) is 10.5 Å². The van der Waals surface area contributed by atoms with Crippen LogP contribution < -0.4 is 5.43 Å². The number of thiophene rings is 1. The molecule has 76 valence electrons. The Labute approximate surface area is 97.2 Å². The molecule has 0 fully saturated rings. The van der Waals surface area contributed by atoms with Crippen molar-refractivity contribution >= 4 is 33.8 Å². The summed E-state index contributed by atoms with van der Waals surface area (Å²) in [4.78, 5) is 0.958. The number of hydrogen-bond donors (Lipinski definition) is 1. The molecule has 1 aromatic heterocycles. The van der Waals surface area contributed by atoms with E-state index in [9.17, 15) is 0 Å². The van der Waals surface area contributed by atoms with E-state index in [1.54, 1.807) is 11.3 Å². The summed E-state index contributed by atoms with van der Waals surface area (Å²) in [6.45, 7) is 0. The first-order valence-electron chi connectivity index (χ1n) is 4.44. The topological polar surface area (TPSA) is 24.4 Å². The Balaban J connectivity index is 2.06. The van der Waals surface area contributed by atoms with Gasteiger partial charge in [-0.3, -0.25) is 5.43 Å². The largest absolute Gasteiger partial charge is 0.277 e. The molecule has 0 unspecified atom stereocenters. The lowest BCUT2D eigenvalue weighted by atomic mass is 10.3. The summed E-state index contributed by atoms with van der Waals surface area (Å²) in [5.41, 5.74) is 3.82. The van der Waals surface area contributed by atoms with Crippen molar-refractivity contribution in [2.24, 2.45) is 5.10 Å². The molecule has 0 aliphatic rings. The minimum absolute atomic E-state index is 0.480. The fourth-order valence-corrected chi connectivity index (χ4v) is 1.92. The minimum atomic E-state index is 0.480. The number of para-hydroxylation sites is 1. The summed E-state index contributed by atoms with van der Waals surface area (Å²) in [7, 11) is 0. The van der Waals surface area contributed by atoms with E-state index in [0.717, 1.165) is 10.6 Å². The number of nitrogens with zero attached hydrogens (tertiary/aromatic N) is 1. The van der Waals surface area contributed by atoms with Gasteiger partial charge in [-0.15, -0.1) is 11.3 Å². The number of rotatable bonds is 3. The highest BCUT2D eigenvalue weighted by Crippen LogP contribution is 2.13. The van der Waals surface area contributed by atoms with Crippen LogP contribution in [0.15, 0.2) is 52.9 Å². The number of hydrogen-bond acceptors (Lipinski definition) is 3. The molecule has 0 spiro atoms. The van der Waals surface area contributed by atoms with E-state index in [4.69, 9.17) is 11.6 Å². The summed E-state index contributed by atoms with van der Waals surface area (Å²) in [5.74, 6) is 0. The van der Waals surface area contributed by atoms with Gasteiger partial charge in [-0.05, 0) is 23.6 Å². The van der Waals surface area contributed by atoms with E-state index in [1.165, 1.54) is 0 Å². The van der Waals surface area contributed by atoms with Crippen molar-refractivity contribution in [3.8, 4) is 0 Å². The van der Waals surface area contributed by atoms with Crippen molar-refractivity contribution in [3.05, 3.63) is 52.7 Å². The molecule has 2 aromatic rings. The van der Waals surface area contributed by atoms with Gasteiger partial charge in [0.25, 0.3) is 0 Å². The Morgan fingerprint density at radius 1 is 1.13 bits per heavy atom. The Morgan fingerprint density at radius 2 is 1.93 bits per heavy atom. The lowest BCUT2D eigenvalue weighted by Gasteiger charge is -1.99. The standard InChI is InChI=1S/C11H9ClN2S/c12-11(10-7-4-8-15-10)14-13-9-5-2-1-3-6-9/h1-8,13H. The zero-order chi connectivity index (χ0) is 10.5. The molecule has 1 aromatic carbocycles. The summed E-state index contributed by atoms with van der Waals surface area (Å²) in [6, 6.07) is 13.6. The first-order chi connectivity index (χ1) is 7.36. The summed E-state index contributed by atoms with van der Waals surface area (Å²) in [6.07, 6.45) is 0. The van der Waals surface area contributed by atoms with Crippen molar-refractivity contribution in [2.45, 2.75) is 0 Å². The number of nitrogens with one attached hydrogen (secondary N) is 1. The van der Waals surface area contributed by atoms with E-state index < -0.39 is 0 Å². The fourth-order valence-electron chi connectivity index (χ4n) is 1.08. The second-order valence-corrected chi connectivity index (χ2v) is 4.16. The molecular formula is C11H9ClN2S. The van der Waals surface area contributed by atoms with Crippen molar-refractivity contribution in [2.75, 3.05) is 5.43 Å². The fraction of sp³-hybridized carbons (Fsp3) is 0.